The molecule has 0 fully saturated rings. The maximum absolute atomic E-state index is 9.24. The average molecular weight is 252 g/mol. The van der Waals surface area contributed by atoms with E-state index in [2.05, 4.69) is 21.7 Å². The Balaban J connectivity index is 2.04. The first-order chi connectivity index (χ1) is 9.38. The minimum Gasteiger partial charge on any atom is -0.395 e. The van der Waals surface area contributed by atoms with Gasteiger partial charge in [0.15, 0.2) is 0 Å². The monoisotopic (exact) mass is 252 g/mol. The summed E-state index contributed by atoms with van der Waals surface area (Å²) in [6.07, 6.45) is 0.787. The standard InChI is InChI=1S/C16H16N2O/c19-11-10-18-15-9-5-4-8-14(15)17-16(18)12-13-6-2-1-3-7-13/h1-9,19H,10-12H2. The predicted octanol–water partition coefficient (Wildman–Crippen LogP) is 2.62. The zero-order valence-corrected chi connectivity index (χ0v) is 10.7. The Morgan fingerprint density at radius 3 is 2.47 bits per heavy atom. The third-order valence-electron chi connectivity index (χ3n) is 3.26. The minimum absolute atomic E-state index is 0.127. The number of hydrogen-bond donors (Lipinski definition) is 1. The summed E-state index contributed by atoms with van der Waals surface area (Å²) in [5.41, 5.74) is 3.31. The molecule has 19 heavy (non-hydrogen) atoms. The highest BCUT2D eigenvalue weighted by Gasteiger charge is 2.10. The summed E-state index contributed by atoms with van der Waals surface area (Å²) in [5.74, 6) is 1.00. The summed E-state index contributed by atoms with van der Waals surface area (Å²) < 4.78 is 2.10. The number of rotatable bonds is 4. The highest BCUT2D eigenvalue weighted by atomic mass is 16.3. The fourth-order valence-corrected chi connectivity index (χ4v) is 2.39. The van der Waals surface area contributed by atoms with Gasteiger partial charge in [0.1, 0.15) is 5.82 Å². The van der Waals surface area contributed by atoms with Crippen molar-refractivity contribution in [2.45, 2.75) is 13.0 Å². The van der Waals surface area contributed by atoms with Crippen LogP contribution in [0.2, 0.25) is 0 Å². The zero-order valence-electron chi connectivity index (χ0n) is 10.7. The topological polar surface area (TPSA) is 38.0 Å². The van der Waals surface area contributed by atoms with E-state index in [1.807, 2.05) is 42.5 Å². The molecule has 0 unspecified atom stereocenters. The molecule has 3 aromatic rings. The molecule has 0 aliphatic heterocycles. The van der Waals surface area contributed by atoms with Gasteiger partial charge in [0.05, 0.1) is 17.6 Å². The Morgan fingerprint density at radius 2 is 1.68 bits per heavy atom. The van der Waals surface area contributed by atoms with E-state index in [0.29, 0.717) is 6.54 Å². The van der Waals surface area contributed by atoms with Gasteiger partial charge < -0.3 is 9.67 Å². The number of benzene rings is 2. The number of aliphatic hydroxyl groups excluding tert-OH is 1. The molecule has 3 rings (SSSR count). The van der Waals surface area contributed by atoms with E-state index in [4.69, 9.17) is 0 Å². The Labute approximate surface area is 112 Å². The number of aromatic nitrogens is 2. The van der Waals surface area contributed by atoms with Gasteiger partial charge in [-0.15, -0.1) is 0 Å². The van der Waals surface area contributed by atoms with Crippen LogP contribution in [0.4, 0.5) is 0 Å². The fraction of sp³-hybridized carbons (Fsp3) is 0.188. The van der Waals surface area contributed by atoms with Gasteiger partial charge >= 0.3 is 0 Å². The number of aliphatic hydroxyl groups is 1. The van der Waals surface area contributed by atoms with Crippen LogP contribution in [-0.4, -0.2) is 21.3 Å². The Hall–Kier alpha value is -2.13. The van der Waals surface area contributed by atoms with Crippen molar-refractivity contribution in [2.75, 3.05) is 6.61 Å². The molecule has 3 nitrogen and oxygen atoms in total. The quantitative estimate of drug-likeness (QED) is 0.775. The lowest BCUT2D eigenvalue weighted by Crippen LogP contribution is -2.07. The maximum Gasteiger partial charge on any atom is 0.114 e. The summed E-state index contributed by atoms with van der Waals surface area (Å²) >= 11 is 0. The van der Waals surface area contributed by atoms with Crippen LogP contribution in [0.5, 0.6) is 0 Å². The average Bonchev–Trinajstić information content (AvgIpc) is 2.79. The number of imidazole rings is 1. The van der Waals surface area contributed by atoms with Crippen molar-refractivity contribution in [3.63, 3.8) is 0 Å². The summed E-state index contributed by atoms with van der Waals surface area (Å²) in [6, 6.07) is 18.3. The van der Waals surface area contributed by atoms with Crippen LogP contribution < -0.4 is 0 Å². The largest absolute Gasteiger partial charge is 0.395 e. The van der Waals surface area contributed by atoms with Crippen LogP contribution in [0, 0.1) is 0 Å². The fourth-order valence-electron chi connectivity index (χ4n) is 2.39. The minimum atomic E-state index is 0.127. The summed E-state index contributed by atoms with van der Waals surface area (Å²) in [5, 5.41) is 9.24. The molecule has 1 heterocycles. The van der Waals surface area contributed by atoms with E-state index < -0.39 is 0 Å². The van der Waals surface area contributed by atoms with Gasteiger partial charge in [-0.3, -0.25) is 0 Å². The summed E-state index contributed by atoms with van der Waals surface area (Å²) in [7, 11) is 0. The van der Waals surface area contributed by atoms with Crippen LogP contribution in [0.15, 0.2) is 54.6 Å². The van der Waals surface area contributed by atoms with Gasteiger partial charge in [-0.2, -0.15) is 0 Å². The molecule has 0 amide bonds. The lowest BCUT2D eigenvalue weighted by Gasteiger charge is -2.07. The van der Waals surface area contributed by atoms with Crippen LogP contribution in [0.3, 0.4) is 0 Å². The molecule has 0 saturated heterocycles. The number of nitrogens with zero attached hydrogens (tertiary/aromatic N) is 2. The lowest BCUT2D eigenvalue weighted by molar-refractivity contribution is 0.276. The second-order valence-electron chi connectivity index (χ2n) is 4.55. The normalized spacial score (nSPS) is 11.0. The molecule has 0 aliphatic carbocycles. The van der Waals surface area contributed by atoms with Gasteiger partial charge in [-0.1, -0.05) is 42.5 Å². The second-order valence-corrected chi connectivity index (χ2v) is 4.55. The SMILES string of the molecule is OCCn1c(Cc2ccccc2)nc2ccccc21. The van der Waals surface area contributed by atoms with E-state index in [1.165, 1.54) is 5.56 Å². The highest BCUT2D eigenvalue weighted by Crippen LogP contribution is 2.18. The van der Waals surface area contributed by atoms with Crippen molar-refractivity contribution in [3.05, 3.63) is 66.0 Å². The first kappa shape index (κ1) is 11.9. The van der Waals surface area contributed by atoms with Crippen molar-refractivity contribution >= 4 is 11.0 Å². The molecule has 0 aliphatic rings. The molecular formula is C16H16N2O. The Morgan fingerprint density at radius 1 is 0.947 bits per heavy atom. The molecule has 0 radical (unpaired) electrons. The first-order valence-corrected chi connectivity index (χ1v) is 6.47. The van der Waals surface area contributed by atoms with Gasteiger partial charge in [-0.05, 0) is 17.7 Å². The molecule has 1 aromatic heterocycles. The molecule has 3 heteroatoms. The molecule has 2 aromatic carbocycles. The van der Waals surface area contributed by atoms with Crippen molar-refractivity contribution in [2.24, 2.45) is 0 Å². The van der Waals surface area contributed by atoms with E-state index in [0.717, 1.165) is 23.3 Å². The van der Waals surface area contributed by atoms with E-state index >= 15 is 0 Å². The zero-order chi connectivity index (χ0) is 13.1. The number of para-hydroxylation sites is 2. The molecule has 1 N–H and O–H groups in total. The third-order valence-corrected chi connectivity index (χ3v) is 3.26. The molecule has 0 spiro atoms. The van der Waals surface area contributed by atoms with Gasteiger partial charge in [0.25, 0.3) is 0 Å². The molecular weight excluding hydrogens is 236 g/mol. The number of hydrogen-bond acceptors (Lipinski definition) is 2. The Bertz CT molecular complexity index is 674. The maximum atomic E-state index is 9.24. The highest BCUT2D eigenvalue weighted by molar-refractivity contribution is 5.76. The van der Waals surface area contributed by atoms with E-state index in [9.17, 15) is 5.11 Å². The van der Waals surface area contributed by atoms with Crippen LogP contribution in [0.1, 0.15) is 11.4 Å². The molecule has 0 atom stereocenters. The Kier molecular flexibility index (Phi) is 3.29. The predicted molar refractivity (Wildman–Crippen MR) is 76.1 cm³/mol. The van der Waals surface area contributed by atoms with Crippen molar-refractivity contribution < 1.29 is 5.11 Å². The van der Waals surface area contributed by atoms with Gasteiger partial charge in [-0.25, -0.2) is 4.98 Å². The molecule has 96 valence electrons. The smallest absolute Gasteiger partial charge is 0.114 e. The summed E-state index contributed by atoms with van der Waals surface area (Å²) in [4.78, 5) is 4.68. The molecule has 0 saturated carbocycles. The lowest BCUT2D eigenvalue weighted by atomic mass is 10.1. The van der Waals surface area contributed by atoms with Gasteiger partial charge in [0, 0.05) is 13.0 Å². The van der Waals surface area contributed by atoms with Crippen LogP contribution in [0.25, 0.3) is 11.0 Å². The molecule has 0 bridgehead atoms. The first-order valence-electron chi connectivity index (χ1n) is 6.47. The third kappa shape index (κ3) is 2.37. The summed E-state index contributed by atoms with van der Waals surface area (Å²) in [6.45, 7) is 0.713. The van der Waals surface area contributed by atoms with E-state index in [1.54, 1.807) is 0 Å². The van der Waals surface area contributed by atoms with E-state index in [-0.39, 0.29) is 6.61 Å². The van der Waals surface area contributed by atoms with Gasteiger partial charge in [0.2, 0.25) is 0 Å². The van der Waals surface area contributed by atoms with Crippen molar-refractivity contribution in [1.29, 1.82) is 0 Å². The van der Waals surface area contributed by atoms with Crippen LogP contribution in [-0.2, 0) is 13.0 Å². The van der Waals surface area contributed by atoms with Crippen molar-refractivity contribution in [3.8, 4) is 0 Å². The number of fused-ring (bicyclic) bond motifs is 1. The second kappa shape index (κ2) is 5.24. The van der Waals surface area contributed by atoms with Crippen LogP contribution >= 0.6 is 0 Å². The van der Waals surface area contributed by atoms with Crippen molar-refractivity contribution in [1.82, 2.24) is 9.55 Å².